The summed E-state index contributed by atoms with van der Waals surface area (Å²) in [4.78, 5) is 43.4. The van der Waals surface area contributed by atoms with Gasteiger partial charge in [-0.15, -0.1) is 0 Å². The number of carbonyl (C=O) groups is 3. The number of ether oxygens (including phenoxy) is 2. The highest BCUT2D eigenvalue weighted by molar-refractivity contribution is 5.98. The molecule has 4 rings (SSSR count). The summed E-state index contributed by atoms with van der Waals surface area (Å²) < 4.78 is 11.9. The van der Waals surface area contributed by atoms with Crippen molar-refractivity contribution in [2.24, 2.45) is 5.41 Å². The zero-order valence-corrected chi connectivity index (χ0v) is 21.5. The summed E-state index contributed by atoms with van der Waals surface area (Å²) in [7, 11) is 0. The van der Waals surface area contributed by atoms with Gasteiger partial charge in [0.15, 0.2) is 0 Å². The average molecular weight is 486 g/mol. The molecule has 1 spiro atoms. The SMILES string of the molecule is Cc1cccc(C(=O)N2[C@@H](C(=O)NC[C@@H]3CCCO3)COC23CCN(C(=O)CC(C)(C)C)CC3)c1. The van der Waals surface area contributed by atoms with Crippen molar-refractivity contribution in [1.82, 2.24) is 15.1 Å². The predicted octanol–water partition coefficient (Wildman–Crippen LogP) is 2.89. The van der Waals surface area contributed by atoms with Crippen molar-refractivity contribution in [3.63, 3.8) is 0 Å². The maximum Gasteiger partial charge on any atom is 0.256 e. The second-order valence-electron chi connectivity index (χ2n) is 11.3. The molecule has 3 saturated heterocycles. The second kappa shape index (κ2) is 10.3. The Bertz CT molecular complexity index is 942. The number of hydrogen-bond acceptors (Lipinski definition) is 5. The minimum absolute atomic E-state index is 0.0215. The summed E-state index contributed by atoms with van der Waals surface area (Å²) in [6.07, 6.45) is 3.38. The van der Waals surface area contributed by atoms with E-state index in [9.17, 15) is 14.4 Å². The van der Waals surface area contributed by atoms with Gasteiger partial charge in [0.1, 0.15) is 11.8 Å². The number of carbonyl (C=O) groups excluding carboxylic acids is 3. The summed E-state index contributed by atoms with van der Waals surface area (Å²) in [5.74, 6) is -0.310. The molecule has 0 unspecified atom stereocenters. The normalized spacial score (nSPS) is 24.1. The van der Waals surface area contributed by atoms with Crippen LogP contribution in [0.1, 0.15) is 68.8 Å². The van der Waals surface area contributed by atoms with E-state index in [1.54, 1.807) is 11.0 Å². The molecular formula is C27H39N3O5. The number of nitrogens with one attached hydrogen (secondary N) is 1. The van der Waals surface area contributed by atoms with Gasteiger partial charge in [0, 0.05) is 51.1 Å². The van der Waals surface area contributed by atoms with Crippen molar-refractivity contribution in [3.8, 4) is 0 Å². The molecule has 0 aromatic heterocycles. The molecule has 0 saturated carbocycles. The van der Waals surface area contributed by atoms with E-state index >= 15 is 0 Å². The number of amides is 3. The van der Waals surface area contributed by atoms with Crippen LogP contribution in [0, 0.1) is 12.3 Å². The fraction of sp³-hybridized carbons (Fsp3) is 0.667. The first-order chi connectivity index (χ1) is 16.6. The first-order valence-corrected chi connectivity index (χ1v) is 12.8. The van der Waals surface area contributed by atoms with Crippen molar-refractivity contribution >= 4 is 17.7 Å². The number of benzene rings is 1. The van der Waals surface area contributed by atoms with E-state index < -0.39 is 11.8 Å². The fourth-order valence-electron chi connectivity index (χ4n) is 5.29. The highest BCUT2D eigenvalue weighted by atomic mass is 16.5. The van der Waals surface area contributed by atoms with Crippen LogP contribution in [0.15, 0.2) is 24.3 Å². The molecule has 192 valence electrons. The van der Waals surface area contributed by atoms with E-state index in [1.807, 2.05) is 30.0 Å². The second-order valence-corrected chi connectivity index (χ2v) is 11.3. The van der Waals surface area contributed by atoms with Crippen LogP contribution in [-0.2, 0) is 19.1 Å². The van der Waals surface area contributed by atoms with Crippen molar-refractivity contribution in [1.29, 1.82) is 0 Å². The molecule has 3 aliphatic heterocycles. The average Bonchev–Trinajstić information content (AvgIpc) is 3.45. The Morgan fingerprint density at radius 1 is 1.17 bits per heavy atom. The van der Waals surface area contributed by atoms with Gasteiger partial charge < -0.3 is 19.7 Å². The first-order valence-electron chi connectivity index (χ1n) is 12.8. The van der Waals surface area contributed by atoms with Crippen molar-refractivity contribution in [2.75, 3.05) is 32.8 Å². The lowest BCUT2D eigenvalue weighted by Crippen LogP contribution is -2.60. The maximum atomic E-state index is 13.8. The van der Waals surface area contributed by atoms with Gasteiger partial charge in [-0.3, -0.25) is 19.3 Å². The van der Waals surface area contributed by atoms with E-state index in [-0.39, 0.29) is 35.8 Å². The molecule has 3 fully saturated rings. The number of aryl methyl sites for hydroxylation is 1. The molecular weight excluding hydrogens is 446 g/mol. The van der Waals surface area contributed by atoms with Crippen molar-refractivity contribution < 1.29 is 23.9 Å². The highest BCUT2D eigenvalue weighted by Gasteiger charge is 2.54. The van der Waals surface area contributed by atoms with E-state index in [0.717, 1.165) is 25.0 Å². The summed E-state index contributed by atoms with van der Waals surface area (Å²) in [6, 6.07) is 6.70. The van der Waals surface area contributed by atoms with Crippen LogP contribution < -0.4 is 5.32 Å². The fourth-order valence-corrected chi connectivity index (χ4v) is 5.29. The minimum atomic E-state index is -0.898. The Labute approximate surface area is 208 Å². The van der Waals surface area contributed by atoms with E-state index in [0.29, 0.717) is 44.5 Å². The van der Waals surface area contributed by atoms with Crippen LogP contribution in [-0.4, -0.2) is 78.2 Å². The van der Waals surface area contributed by atoms with Gasteiger partial charge in [0.2, 0.25) is 11.8 Å². The Morgan fingerprint density at radius 2 is 1.91 bits per heavy atom. The molecule has 1 aromatic rings. The third-order valence-corrected chi connectivity index (χ3v) is 7.15. The lowest BCUT2D eigenvalue weighted by molar-refractivity contribution is -0.145. The van der Waals surface area contributed by atoms with Gasteiger partial charge in [-0.1, -0.05) is 38.5 Å². The van der Waals surface area contributed by atoms with Crippen LogP contribution in [0.25, 0.3) is 0 Å². The van der Waals surface area contributed by atoms with Crippen LogP contribution in [0.4, 0.5) is 0 Å². The molecule has 0 bridgehead atoms. The van der Waals surface area contributed by atoms with Crippen LogP contribution in [0.2, 0.25) is 0 Å². The maximum absolute atomic E-state index is 13.8. The minimum Gasteiger partial charge on any atom is -0.376 e. The van der Waals surface area contributed by atoms with Crippen molar-refractivity contribution in [3.05, 3.63) is 35.4 Å². The van der Waals surface area contributed by atoms with Gasteiger partial charge in [-0.2, -0.15) is 0 Å². The summed E-state index contributed by atoms with van der Waals surface area (Å²) >= 11 is 0. The van der Waals surface area contributed by atoms with Gasteiger partial charge in [-0.25, -0.2) is 0 Å². The third kappa shape index (κ3) is 5.86. The number of piperidine rings is 1. The summed E-state index contributed by atoms with van der Waals surface area (Å²) in [5.41, 5.74) is 0.533. The molecule has 8 nitrogen and oxygen atoms in total. The molecule has 3 heterocycles. The van der Waals surface area contributed by atoms with Crippen LogP contribution in [0.5, 0.6) is 0 Å². The lowest BCUT2D eigenvalue weighted by atomic mass is 9.90. The summed E-state index contributed by atoms with van der Waals surface area (Å²) in [5, 5.41) is 2.99. The molecule has 8 heteroatoms. The smallest absolute Gasteiger partial charge is 0.256 e. The molecule has 0 radical (unpaired) electrons. The molecule has 2 atom stereocenters. The number of nitrogens with zero attached hydrogens (tertiary/aromatic N) is 2. The molecule has 35 heavy (non-hydrogen) atoms. The quantitative estimate of drug-likeness (QED) is 0.693. The van der Waals surface area contributed by atoms with Gasteiger partial charge >= 0.3 is 0 Å². The number of likely N-dealkylation sites (tertiary alicyclic amines) is 1. The lowest BCUT2D eigenvalue weighted by Gasteiger charge is -2.45. The van der Waals surface area contributed by atoms with Crippen LogP contribution in [0.3, 0.4) is 0 Å². The zero-order valence-electron chi connectivity index (χ0n) is 21.5. The van der Waals surface area contributed by atoms with Gasteiger partial charge in [0.25, 0.3) is 5.91 Å². The van der Waals surface area contributed by atoms with E-state index in [2.05, 4.69) is 26.1 Å². The van der Waals surface area contributed by atoms with E-state index in [1.165, 1.54) is 0 Å². The van der Waals surface area contributed by atoms with Gasteiger partial charge in [0.05, 0.1) is 12.7 Å². The standard InChI is InChI=1S/C27H39N3O5/c1-19-7-5-8-20(15-19)25(33)30-22(24(32)28-17-21-9-6-14-34-21)18-35-27(30)10-12-29(13-11-27)23(31)16-26(2,3)4/h5,7-8,15,21-22H,6,9-14,16-18H2,1-4H3,(H,28,32)/t21-,22+/m0/s1. The Morgan fingerprint density at radius 3 is 2.54 bits per heavy atom. The monoisotopic (exact) mass is 485 g/mol. The Hall–Kier alpha value is -2.45. The van der Waals surface area contributed by atoms with Gasteiger partial charge in [-0.05, 0) is 37.3 Å². The number of rotatable bonds is 5. The van der Waals surface area contributed by atoms with E-state index in [4.69, 9.17) is 9.47 Å². The molecule has 1 N–H and O–H groups in total. The molecule has 3 aliphatic rings. The predicted molar refractivity (Wildman–Crippen MR) is 132 cm³/mol. The van der Waals surface area contributed by atoms with Crippen molar-refractivity contribution in [2.45, 2.75) is 77.7 Å². The first kappa shape index (κ1) is 25.6. The molecule has 0 aliphatic carbocycles. The zero-order chi connectivity index (χ0) is 25.2. The highest BCUT2D eigenvalue weighted by Crippen LogP contribution is 2.39. The Balaban J connectivity index is 1.52. The molecule has 3 amide bonds. The van der Waals surface area contributed by atoms with Crippen LogP contribution >= 0.6 is 0 Å². The topological polar surface area (TPSA) is 88.2 Å². The molecule has 1 aromatic carbocycles. The number of hydrogen-bond donors (Lipinski definition) is 1. The Kier molecular flexibility index (Phi) is 7.52. The third-order valence-electron chi connectivity index (χ3n) is 7.15. The largest absolute Gasteiger partial charge is 0.376 e. The summed E-state index contributed by atoms with van der Waals surface area (Å²) in [6.45, 7) is 10.4.